The lowest BCUT2D eigenvalue weighted by Crippen LogP contribution is -2.64. The number of aliphatic carboxylic acids is 1. The van der Waals surface area contributed by atoms with E-state index in [4.69, 9.17) is 76.2 Å². The first-order chi connectivity index (χ1) is 55.5. The van der Waals surface area contributed by atoms with Crippen molar-refractivity contribution in [1.82, 2.24) is 0 Å². The Bertz CT molecular complexity index is 4340. The number of carboxylic acid groups (broad SMARTS) is 1. The molecule has 5 aromatic carbocycles. The van der Waals surface area contributed by atoms with E-state index in [9.17, 15) is 131 Å². The zero-order valence-corrected chi connectivity index (χ0v) is 60.7. The van der Waals surface area contributed by atoms with Crippen molar-refractivity contribution in [3.05, 3.63) is 137 Å². The number of benzene rings is 5. The lowest BCUT2D eigenvalue weighted by Gasteiger charge is -2.46. The highest BCUT2D eigenvalue weighted by Gasteiger charge is 2.55. The number of carbonyl (C=O) groups is 5. The maximum absolute atomic E-state index is 14.0. The van der Waals surface area contributed by atoms with Crippen LogP contribution in [0.5, 0.6) is 63.2 Å². The summed E-state index contributed by atoms with van der Waals surface area (Å²) < 4.78 is 86.5. The largest absolute Gasteiger partial charge is 0.571 e. The summed E-state index contributed by atoms with van der Waals surface area (Å²) in [5.41, 5.74) is -0.0241. The molecule has 6 aliphatic rings. The molecule has 5 saturated heterocycles. The molecule has 0 radical (unpaired) electrons. The van der Waals surface area contributed by atoms with Gasteiger partial charge in [-0.3, -0.25) is 9.59 Å². The van der Waals surface area contributed by atoms with Crippen LogP contribution in [0.25, 0.3) is 24.3 Å². The molecule has 1 unspecified atom stereocenters. The number of aliphatic hydroxyl groups excluding tert-OH is 14. The van der Waals surface area contributed by atoms with E-state index in [1.165, 1.54) is 49.4 Å². The second-order valence-electron chi connectivity index (χ2n) is 27.3. The molecule has 11 rings (SSSR count). The number of hydrogen-bond acceptors (Lipinski definition) is 40. The molecule has 0 aliphatic carbocycles. The Labute approximate surface area is 658 Å². The second kappa shape index (κ2) is 37.6. The Morgan fingerprint density at radius 2 is 0.863 bits per heavy atom. The van der Waals surface area contributed by atoms with Crippen LogP contribution in [0, 0.1) is 0 Å². The number of fused-ring (bicyclic) bond motifs is 1. The van der Waals surface area contributed by atoms with Crippen molar-refractivity contribution < 1.29 is 207 Å². The molecule has 6 heterocycles. The summed E-state index contributed by atoms with van der Waals surface area (Å²) in [4.78, 5) is 63.7. The zero-order chi connectivity index (χ0) is 84.7. The Hall–Kier alpha value is -10.8. The summed E-state index contributed by atoms with van der Waals surface area (Å²) in [5, 5.41) is 239. The standard InChI is InChI=1S/C75H82O42/c1-28-68(117-74-66(101)59(94)55(90)45(24-76)112-74)70(116-52(87)15-6-29-2-9-33(77)10-3-29)67(102)75(106-28)111-44-22-35-40(20-34(78)21-41(35)108-71-63(98)60(95)58(93)48(113-71)27-105-53(88)23-49(83)84)107-69(44)32-18-42(109-72-64(99)61(96)56(91)46(114-72)25-103-50(85)13-7-30-4-11-36(79)38(81)16-30)54(89)43(19-32)110-73-65(100)62(97)57(92)47(115-73)26-104-51(86)14-8-31-5-12-37(80)39(82)17-31/h2-22,28,45-48,55-82,89-102H,23-27H2,1H3,(H,83,84)/p+1/t28-,45-,46-,47-,48-,55-,56-,57-,58-,59+,60+,61+,62+,63-,64-,65-,66-,67-,68-,69?,70-,71-,72-,73-,74+,75+/m0/s1. The quantitative estimate of drug-likeness (QED) is 0.00595. The second-order valence-corrected chi connectivity index (χ2v) is 27.3. The van der Waals surface area contributed by atoms with Gasteiger partial charge in [-0.2, -0.15) is 0 Å². The van der Waals surface area contributed by atoms with Gasteiger partial charge >= 0.3 is 29.8 Å². The van der Waals surface area contributed by atoms with Crippen molar-refractivity contribution in [1.29, 1.82) is 0 Å². The van der Waals surface area contributed by atoms with Gasteiger partial charge < -0.3 is 183 Å². The van der Waals surface area contributed by atoms with Gasteiger partial charge in [0.1, 0.15) is 153 Å². The third kappa shape index (κ3) is 20.6. The van der Waals surface area contributed by atoms with Crippen molar-refractivity contribution in [3.8, 4) is 63.2 Å². The van der Waals surface area contributed by atoms with Gasteiger partial charge in [-0.1, -0.05) is 24.3 Å². The van der Waals surface area contributed by atoms with E-state index in [0.29, 0.717) is 5.56 Å². The van der Waals surface area contributed by atoms with Crippen molar-refractivity contribution in [2.75, 3.05) is 26.4 Å². The number of ether oxygens (including phenoxy) is 15. The van der Waals surface area contributed by atoms with Gasteiger partial charge in [-0.25, -0.2) is 14.4 Å². The van der Waals surface area contributed by atoms with Crippen LogP contribution in [-0.4, -0.2) is 327 Å². The monoisotopic (exact) mass is 1660 g/mol. The van der Waals surface area contributed by atoms with Crippen LogP contribution < -0.4 is 14.2 Å². The van der Waals surface area contributed by atoms with E-state index < -0.39 is 285 Å². The van der Waals surface area contributed by atoms with E-state index in [1.54, 1.807) is 0 Å². The number of carbonyl (C=O) groups excluding carboxylic acids is 4. The minimum absolute atomic E-state index is 0.142. The van der Waals surface area contributed by atoms with Crippen LogP contribution in [0.4, 0.5) is 0 Å². The van der Waals surface area contributed by atoms with Crippen molar-refractivity contribution in [2.24, 2.45) is 0 Å². The Balaban J connectivity index is 0.995. The molecule has 0 saturated carbocycles. The highest BCUT2D eigenvalue weighted by Crippen LogP contribution is 2.51. The molecule has 26 atom stereocenters. The molecule has 42 nitrogen and oxygen atoms in total. The summed E-state index contributed by atoms with van der Waals surface area (Å²) in [6, 6.07) is 16.1. The van der Waals surface area contributed by atoms with E-state index in [0.717, 1.165) is 85.0 Å². The van der Waals surface area contributed by atoms with E-state index in [1.807, 2.05) is 0 Å². The molecule has 0 aromatic heterocycles. The van der Waals surface area contributed by atoms with Gasteiger partial charge in [-0.15, -0.1) is 0 Å². The summed E-state index contributed by atoms with van der Waals surface area (Å²) in [5.74, 6) is -13.9. The minimum atomic E-state index is -2.36. The SMILES string of the molecule is C[C@@H]1O[C@H](OC2=Cc3c(O[C@H]4O[C@@H](COC(=O)CC(=O)O)[C@H](O)[C@@H](O)[C@@H]4O)cc(O)cc3[OH+]C2c2cc(O[C@H]3O[C@@H](COC(=O)C=Cc4ccc(O)c(O)c4)[C@H](O)[C@@H](O)[C@@H]3O)c(O)c(O[C@H]3O[C@@H](COC(=O)C=Cc4ccc(O)c(O)c4)[C@H](O)[C@@H](O)[C@@H]3O)c2)[C@@H](O)[C@H](OC(=O)C=Cc2ccc(O)cc2)[C@H]1O[C@H]1O[C@@H](CO)[C@H](O)[C@@H](O)[C@@H]1O. The van der Waals surface area contributed by atoms with E-state index >= 15 is 0 Å². The van der Waals surface area contributed by atoms with Gasteiger partial charge in [0.05, 0.1) is 24.3 Å². The zero-order valence-electron chi connectivity index (χ0n) is 60.7. The van der Waals surface area contributed by atoms with Crippen LogP contribution >= 0.6 is 0 Å². The highest BCUT2D eigenvalue weighted by molar-refractivity contribution is 5.90. The summed E-state index contributed by atoms with van der Waals surface area (Å²) >= 11 is 0. The predicted molar refractivity (Wildman–Crippen MR) is 380 cm³/mol. The summed E-state index contributed by atoms with van der Waals surface area (Å²) in [6.07, 6.45) is -47.5. The van der Waals surface area contributed by atoms with Gasteiger partial charge in [0.2, 0.25) is 30.9 Å². The lowest BCUT2D eigenvalue weighted by molar-refractivity contribution is -0.353. The molecular weight excluding hydrogens is 1570 g/mol. The van der Waals surface area contributed by atoms with Crippen molar-refractivity contribution in [2.45, 2.75) is 173 Å². The fraction of sp³-hybridized carbons (Fsp3) is 0.427. The molecule has 117 heavy (non-hydrogen) atoms. The third-order valence-electron chi connectivity index (χ3n) is 19.0. The maximum atomic E-state index is 14.0. The normalized spacial score (nSPS) is 32.4. The Kier molecular flexibility index (Phi) is 28.0. The van der Waals surface area contributed by atoms with Gasteiger partial charge in [-0.05, 0) is 90.4 Å². The third-order valence-corrected chi connectivity index (χ3v) is 19.0. The van der Waals surface area contributed by atoms with E-state index in [-0.39, 0.29) is 28.2 Å². The average Bonchev–Trinajstić information content (AvgIpc) is 0.743. The molecule has 0 spiro atoms. The molecule has 0 amide bonds. The average molecular weight is 1660 g/mol. The smallest absolute Gasteiger partial charge is 0.331 e. The number of phenolic OH excluding ortho intramolecular Hbond substituents is 7. The number of rotatable bonds is 27. The lowest BCUT2D eigenvalue weighted by atomic mass is 9.96. The van der Waals surface area contributed by atoms with E-state index in [2.05, 4.69) is 0 Å². The first kappa shape index (κ1) is 87.1. The van der Waals surface area contributed by atoms with Gasteiger partial charge in [0.25, 0.3) is 11.9 Å². The fourth-order valence-corrected chi connectivity index (χ4v) is 12.7. The first-order valence-electron chi connectivity index (χ1n) is 35.5. The number of hydrogen-bond donors (Lipinski definition) is 22. The molecule has 6 aliphatic heterocycles. The van der Waals surface area contributed by atoms with Crippen LogP contribution in [0.1, 0.15) is 47.3 Å². The number of aromatic hydroxyl groups is 8. The molecular formula is C75H83O42+. The van der Waals surface area contributed by atoms with Crippen LogP contribution in [0.15, 0.2) is 109 Å². The summed E-state index contributed by atoms with van der Waals surface area (Å²) in [7, 11) is 0. The number of phenols is 7. The minimum Gasteiger partial charge on any atom is -0.571 e. The highest BCUT2D eigenvalue weighted by atomic mass is 16.8. The molecule has 5 aromatic rings. The maximum Gasteiger partial charge on any atom is 0.331 e. The van der Waals surface area contributed by atoms with Gasteiger partial charge in [0.15, 0.2) is 58.8 Å². The summed E-state index contributed by atoms with van der Waals surface area (Å²) in [6.45, 7) is -2.50. The molecule has 23 N–H and O–H groups in total. The van der Waals surface area contributed by atoms with Crippen molar-refractivity contribution in [3.63, 3.8) is 0 Å². The topological polar surface area (TPSA) is 672 Å². The number of esters is 4. The molecule has 0 bridgehead atoms. The number of aliphatic hydroxyl groups is 15. The fourth-order valence-electron chi connectivity index (χ4n) is 12.7. The number of carboxylic acids is 1. The predicted octanol–water partition coefficient (Wildman–Crippen LogP) is -4.01. The molecule has 634 valence electrons. The van der Waals surface area contributed by atoms with Gasteiger partial charge in [0, 0.05) is 30.4 Å². The Morgan fingerprint density at radius 1 is 0.427 bits per heavy atom. The van der Waals surface area contributed by atoms with Crippen molar-refractivity contribution >= 4 is 54.2 Å². The molecule has 42 heteroatoms. The van der Waals surface area contributed by atoms with Crippen LogP contribution in [-0.2, 0) is 76.1 Å². The van der Waals surface area contributed by atoms with Crippen LogP contribution in [0.3, 0.4) is 0 Å². The molecule has 5 fully saturated rings. The Morgan fingerprint density at radius 3 is 1.35 bits per heavy atom. The first-order valence-corrected chi connectivity index (χ1v) is 35.5. The van der Waals surface area contributed by atoms with Crippen LogP contribution in [0.2, 0.25) is 0 Å².